The Hall–Kier alpha value is -1.89. The number of halogens is 1. The summed E-state index contributed by atoms with van der Waals surface area (Å²) >= 11 is 5.46. The van der Waals surface area contributed by atoms with Crippen molar-refractivity contribution in [1.82, 2.24) is 20.3 Å². The van der Waals surface area contributed by atoms with Gasteiger partial charge in [0.05, 0.1) is 12.7 Å². The van der Waals surface area contributed by atoms with Crippen LogP contribution in [0.25, 0.3) is 0 Å². The van der Waals surface area contributed by atoms with Crippen molar-refractivity contribution in [2.24, 2.45) is 0 Å². The molecule has 0 atom stereocenters. The van der Waals surface area contributed by atoms with Gasteiger partial charge < -0.3 is 10.4 Å². The SMILES string of the molecule is C=C(Cl)CNC(=O)c1cn(CC(=O)O)nn1. The van der Waals surface area contributed by atoms with Crippen molar-refractivity contribution >= 4 is 23.5 Å². The quantitative estimate of drug-likeness (QED) is 0.750. The van der Waals surface area contributed by atoms with E-state index >= 15 is 0 Å². The van der Waals surface area contributed by atoms with Crippen molar-refractivity contribution in [3.8, 4) is 0 Å². The van der Waals surface area contributed by atoms with Crippen molar-refractivity contribution in [3.05, 3.63) is 23.5 Å². The van der Waals surface area contributed by atoms with Crippen LogP contribution in [0.4, 0.5) is 0 Å². The molecule has 0 unspecified atom stereocenters. The minimum atomic E-state index is -1.06. The monoisotopic (exact) mass is 244 g/mol. The van der Waals surface area contributed by atoms with E-state index in [1.54, 1.807) is 0 Å². The lowest BCUT2D eigenvalue weighted by Gasteiger charge is -1.99. The number of rotatable bonds is 5. The Bertz CT molecular complexity index is 429. The Labute approximate surface area is 95.7 Å². The van der Waals surface area contributed by atoms with E-state index in [0.717, 1.165) is 4.68 Å². The highest BCUT2D eigenvalue weighted by Gasteiger charge is 2.11. The first kappa shape index (κ1) is 12.2. The van der Waals surface area contributed by atoms with Crippen molar-refractivity contribution in [2.75, 3.05) is 6.54 Å². The molecule has 0 aromatic carbocycles. The molecule has 1 amide bonds. The van der Waals surface area contributed by atoms with E-state index in [1.165, 1.54) is 6.20 Å². The molecule has 8 heteroatoms. The van der Waals surface area contributed by atoms with Gasteiger partial charge in [-0.15, -0.1) is 5.10 Å². The van der Waals surface area contributed by atoms with Gasteiger partial charge in [-0.3, -0.25) is 9.59 Å². The van der Waals surface area contributed by atoms with Gasteiger partial charge in [-0.05, 0) is 0 Å². The van der Waals surface area contributed by atoms with Crippen LogP contribution in [0.5, 0.6) is 0 Å². The Balaban J connectivity index is 2.59. The molecule has 7 nitrogen and oxygen atoms in total. The molecule has 0 radical (unpaired) electrons. The zero-order valence-corrected chi connectivity index (χ0v) is 8.94. The highest BCUT2D eigenvalue weighted by molar-refractivity contribution is 6.29. The number of nitrogens with one attached hydrogen (secondary N) is 1. The highest BCUT2D eigenvalue weighted by Crippen LogP contribution is 1.96. The van der Waals surface area contributed by atoms with E-state index in [-0.39, 0.29) is 23.8 Å². The van der Waals surface area contributed by atoms with Crippen LogP contribution in [0, 0.1) is 0 Å². The second-order valence-corrected chi connectivity index (χ2v) is 3.43. The zero-order chi connectivity index (χ0) is 12.1. The highest BCUT2D eigenvalue weighted by atomic mass is 35.5. The second-order valence-electron chi connectivity index (χ2n) is 2.90. The molecular formula is C8H9ClN4O3. The van der Waals surface area contributed by atoms with E-state index < -0.39 is 11.9 Å². The topological polar surface area (TPSA) is 97.1 Å². The smallest absolute Gasteiger partial charge is 0.325 e. The fourth-order valence-corrected chi connectivity index (χ4v) is 0.952. The molecule has 0 aliphatic heterocycles. The molecule has 1 rings (SSSR count). The van der Waals surface area contributed by atoms with Crippen LogP contribution in [0.3, 0.4) is 0 Å². The van der Waals surface area contributed by atoms with Gasteiger partial charge in [0, 0.05) is 5.03 Å². The third kappa shape index (κ3) is 3.70. The zero-order valence-electron chi connectivity index (χ0n) is 8.18. The number of hydrogen-bond donors (Lipinski definition) is 2. The van der Waals surface area contributed by atoms with E-state index in [9.17, 15) is 9.59 Å². The molecule has 0 spiro atoms. The van der Waals surface area contributed by atoms with Crippen molar-refractivity contribution in [2.45, 2.75) is 6.54 Å². The van der Waals surface area contributed by atoms with Gasteiger partial charge in [0.2, 0.25) is 0 Å². The average molecular weight is 245 g/mol. The number of carboxylic acid groups (broad SMARTS) is 1. The summed E-state index contributed by atoms with van der Waals surface area (Å²) in [5, 5.41) is 18.2. The second kappa shape index (κ2) is 5.26. The predicted molar refractivity (Wildman–Crippen MR) is 55.0 cm³/mol. The van der Waals surface area contributed by atoms with Gasteiger partial charge in [-0.2, -0.15) is 0 Å². The van der Waals surface area contributed by atoms with Crippen molar-refractivity contribution in [1.29, 1.82) is 0 Å². The maximum Gasteiger partial charge on any atom is 0.325 e. The summed E-state index contributed by atoms with van der Waals surface area (Å²) in [6, 6.07) is 0. The number of carboxylic acids is 1. The Morgan fingerprint density at radius 1 is 1.62 bits per heavy atom. The first-order valence-corrected chi connectivity index (χ1v) is 4.60. The lowest BCUT2D eigenvalue weighted by atomic mass is 10.4. The molecule has 0 aliphatic rings. The van der Waals surface area contributed by atoms with Crippen LogP contribution in [0.2, 0.25) is 0 Å². The molecule has 0 fully saturated rings. The number of hydrogen-bond acceptors (Lipinski definition) is 4. The number of carbonyl (C=O) groups is 2. The number of nitrogens with zero attached hydrogens (tertiary/aromatic N) is 3. The predicted octanol–water partition coefficient (Wildman–Crippen LogP) is -0.155. The maximum atomic E-state index is 11.4. The molecular weight excluding hydrogens is 236 g/mol. The van der Waals surface area contributed by atoms with Crippen LogP contribution in [0.15, 0.2) is 17.8 Å². The van der Waals surface area contributed by atoms with Crippen LogP contribution < -0.4 is 5.32 Å². The largest absolute Gasteiger partial charge is 0.480 e. The summed E-state index contributed by atoms with van der Waals surface area (Å²) in [4.78, 5) is 21.7. The normalized spacial score (nSPS) is 9.81. The standard InChI is InChI=1S/C8H9ClN4O3/c1-5(9)2-10-8(16)6-3-13(12-11-6)4-7(14)15/h3H,1-2,4H2,(H,10,16)(H,14,15). The lowest BCUT2D eigenvalue weighted by molar-refractivity contribution is -0.137. The van der Waals surface area contributed by atoms with Gasteiger partial charge in [0.1, 0.15) is 6.54 Å². The van der Waals surface area contributed by atoms with E-state index in [4.69, 9.17) is 16.7 Å². The first-order valence-electron chi connectivity index (χ1n) is 4.22. The fraction of sp³-hybridized carbons (Fsp3) is 0.250. The van der Waals surface area contributed by atoms with Crippen LogP contribution in [-0.2, 0) is 11.3 Å². The summed E-state index contributed by atoms with van der Waals surface area (Å²) in [7, 11) is 0. The lowest BCUT2D eigenvalue weighted by Crippen LogP contribution is -2.24. The Morgan fingerprint density at radius 2 is 2.31 bits per heavy atom. The van der Waals surface area contributed by atoms with Gasteiger partial charge in [0.25, 0.3) is 5.91 Å². The van der Waals surface area contributed by atoms with E-state index in [2.05, 4.69) is 22.2 Å². The van der Waals surface area contributed by atoms with E-state index in [1.807, 2.05) is 0 Å². The average Bonchev–Trinajstić information content (AvgIpc) is 2.61. The van der Waals surface area contributed by atoms with E-state index in [0.29, 0.717) is 0 Å². The summed E-state index contributed by atoms with van der Waals surface area (Å²) in [6.45, 7) is 3.17. The van der Waals surface area contributed by atoms with Gasteiger partial charge in [-0.25, -0.2) is 4.68 Å². The van der Waals surface area contributed by atoms with Gasteiger partial charge >= 0.3 is 5.97 Å². The van der Waals surface area contributed by atoms with Crippen molar-refractivity contribution < 1.29 is 14.7 Å². The molecule has 16 heavy (non-hydrogen) atoms. The molecule has 0 saturated carbocycles. The first-order chi connectivity index (χ1) is 7.49. The van der Waals surface area contributed by atoms with Crippen molar-refractivity contribution in [3.63, 3.8) is 0 Å². The summed E-state index contributed by atoms with van der Waals surface area (Å²) in [5.41, 5.74) is 0.0270. The third-order valence-electron chi connectivity index (χ3n) is 1.51. The molecule has 86 valence electrons. The summed E-state index contributed by atoms with van der Waals surface area (Å²) in [6.07, 6.45) is 1.24. The number of aromatic nitrogens is 3. The third-order valence-corrected chi connectivity index (χ3v) is 1.64. The van der Waals surface area contributed by atoms with Crippen LogP contribution in [-0.4, -0.2) is 38.5 Å². The molecule has 1 heterocycles. The minimum Gasteiger partial charge on any atom is -0.480 e. The molecule has 1 aromatic rings. The Kier molecular flexibility index (Phi) is 4.01. The Morgan fingerprint density at radius 3 is 2.88 bits per heavy atom. The molecule has 1 aromatic heterocycles. The molecule has 0 aliphatic carbocycles. The number of aliphatic carboxylic acids is 1. The van der Waals surface area contributed by atoms with Gasteiger partial charge in [0.15, 0.2) is 5.69 Å². The molecule has 2 N–H and O–H groups in total. The number of carbonyl (C=O) groups excluding carboxylic acids is 1. The summed E-state index contributed by atoms with van der Waals surface area (Å²) in [5.74, 6) is -1.55. The summed E-state index contributed by atoms with van der Waals surface area (Å²) < 4.78 is 1.05. The molecule has 0 saturated heterocycles. The number of amides is 1. The molecule has 0 bridgehead atoms. The van der Waals surface area contributed by atoms with Crippen LogP contribution in [0.1, 0.15) is 10.5 Å². The van der Waals surface area contributed by atoms with Crippen LogP contribution >= 0.6 is 11.6 Å². The fourth-order valence-electron chi connectivity index (χ4n) is 0.885. The minimum absolute atomic E-state index is 0.0270. The maximum absolute atomic E-state index is 11.4. The van der Waals surface area contributed by atoms with Gasteiger partial charge in [-0.1, -0.05) is 23.4 Å².